The maximum atomic E-state index is 11.8. The van der Waals surface area contributed by atoms with Gasteiger partial charge in [0.2, 0.25) is 0 Å². The Labute approximate surface area is 102 Å². The molecule has 0 aliphatic rings. The van der Waals surface area contributed by atoms with Crippen molar-refractivity contribution < 1.29 is 9.90 Å². The Bertz CT molecular complexity index is 526. The number of hydrogen-bond donors (Lipinski definition) is 3. The first-order chi connectivity index (χ1) is 8.16. The second-order valence-electron chi connectivity index (χ2n) is 3.38. The van der Waals surface area contributed by atoms with Gasteiger partial charge in [-0.1, -0.05) is 11.6 Å². The zero-order valence-corrected chi connectivity index (χ0v) is 9.53. The minimum atomic E-state index is -0.359. The number of imidazole rings is 1. The highest BCUT2D eigenvalue weighted by molar-refractivity contribution is 6.33. The number of aromatic nitrogens is 2. The van der Waals surface area contributed by atoms with Crippen LogP contribution in [0, 0.1) is 0 Å². The van der Waals surface area contributed by atoms with E-state index >= 15 is 0 Å². The monoisotopic (exact) mass is 251 g/mol. The van der Waals surface area contributed by atoms with Crippen molar-refractivity contribution in [1.29, 1.82) is 0 Å². The molecule has 3 N–H and O–H groups in total. The van der Waals surface area contributed by atoms with Crippen molar-refractivity contribution in [3.63, 3.8) is 0 Å². The number of phenols is 1. The first kappa shape index (κ1) is 11.5. The van der Waals surface area contributed by atoms with E-state index < -0.39 is 0 Å². The summed E-state index contributed by atoms with van der Waals surface area (Å²) in [7, 11) is 0. The SMILES string of the molecule is O=C(NCc1ncc[nH]1)c1cc(O)ccc1Cl. The van der Waals surface area contributed by atoms with E-state index in [2.05, 4.69) is 15.3 Å². The second-order valence-corrected chi connectivity index (χ2v) is 3.79. The second kappa shape index (κ2) is 4.88. The summed E-state index contributed by atoms with van der Waals surface area (Å²) in [6, 6.07) is 4.21. The van der Waals surface area contributed by atoms with E-state index in [9.17, 15) is 9.90 Å². The highest BCUT2D eigenvalue weighted by Crippen LogP contribution is 2.20. The van der Waals surface area contributed by atoms with Crippen molar-refractivity contribution in [3.05, 3.63) is 47.0 Å². The number of carbonyl (C=O) groups is 1. The molecule has 1 aromatic heterocycles. The number of aromatic hydroxyl groups is 1. The molecule has 0 unspecified atom stereocenters. The van der Waals surface area contributed by atoms with Crippen LogP contribution in [-0.2, 0) is 6.54 Å². The third-order valence-corrected chi connectivity index (χ3v) is 2.50. The van der Waals surface area contributed by atoms with Crippen molar-refractivity contribution in [2.45, 2.75) is 6.54 Å². The number of amides is 1. The van der Waals surface area contributed by atoms with Gasteiger partial charge in [-0.2, -0.15) is 0 Å². The summed E-state index contributed by atoms with van der Waals surface area (Å²) in [5.41, 5.74) is 0.234. The molecule has 17 heavy (non-hydrogen) atoms. The zero-order valence-electron chi connectivity index (χ0n) is 8.77. The summed E-state index contributed by atoms with van der Waals surface area (Å²) in [5.74, 6) is 0.287. The van der Waals surface area contributed by atoms with Crippen molar-refractivity contribution in [1.82, 2.24) is 15.3 Å². The summed E-state index contributed by atoms with van der Waals surface area (Å²) >= 11 is 5.86. The molecule has 1 aromatic carbocycles. The lowest BCUT2D eigenvalue weighted by Crippen LogP contribution is -2.23. The molecular weight excluding hydrogens is 242 g/mol. The average Bonchev–Trinajstić information content (AvgIpc) is 2.82. The predicted molar refractivity (Wildman–Crippen MR) is 62.9 cm³/mol. The number of nitrogens with zero attached hydrogens (tertiary/aromatic N) is 1. The Morgan fingerprint density at radius 1 is 1.53 bits per heavy atom. The van der Waals surface area contributed by atoms with Crippen LogP contribution in [0.15, 0.2) is 30.6 Å². The number of phenolic OH excluding ortho intramolecular Hbond substituents is 1. The van der Waals surface area contributed by atoms with Gasteiger partial charge in [-0.25, -0.2) is 4.98 Å². The minimum absolute atomic E-state index is 0.00227. The summed E-state index contributed by atoms with van der Waals surface area (Å²) in [6.07, 6.45) is 3.27. The lowest BCUT2D eigenvalue weighted by molar-refractivity contribution is 0.0949. The fourth-order valence-corrected chi connectivity index (χ4v) is 1.54. The molecule has 5 nitrogen and oxygen atoms in total. The molecule has 6 heteroatoms. The molecule has 0 spiro atoms. The molecule has 88 valence electrons. The number of rotatable bonds is 3. The van der Waals surface area contributed by atoms with E-state index in [0.29, 0.717) is 10.8 Å². The van der Waals surface area contributed by atoms with Gasteiger partial charge in [-0.05, 0) is 18.2 Å². The van der Waals surface area contributed by atoms with Gasteiger partial charge in [-0.3, -0.25) is 4.79 Å². The molecule has 0 aliphatic carbocycles. The fraction of sp³-hybridized carbons (Fsp3) is 0.0909. The smallest absolute Gasteiger partial charge is 0.253 e. The molecule has 0 bridgehead atoms. The van der Waals surface area contributed by atoms with Crippen LogP contribution in [0.25, 0.3) is 0 Å². The molecular formula is C11H10ClN3O2. The van der Waals surface area contributed by atoms with Gasteiger partial charge >= 0.3 is 0 Å². The number of H-pyrrole nitrogens is 1. The Balaban J connectivity index is 2.07. The summed E-state index contributed by atoms with van der Waals surface area (Å²) in [4.78, 5) is 18.6. The van der Waals surface area contributed by atoms with Gasteiger partial charge in [0.25, 0.3) is 5.91 Å². The standard InChI is InChI=1S/C11H10ClN3O2/c12-9-2-1-7(16)5-8(9)11(17)15-6-10-13-3-4-14-10/h1-5,16H,6H2,(H,13,14)(H,15,17). The van der Waals surface area contributed by atoms with Crippen LogP contribution in [-0.4, -0.2) is 21.0 Å². The van der Waals surface area contributed by atoms with Gasteiger partial charge in [0.05, 0.1) is 17.1 Å². The minimum Gasteiger partial charge on any atom is -0.508 e. The molecule has 0 fully saturated rings. The van der Waals surface area contributed by atoms with E-state index in [4.69, 9.17) is 11.6 Å². The Hall–Kier alpha value is -2.01. The van der Waals surface area contributed by atoms with Gasteiger partial charge in [0, 0.05) is 12.4 Å². The highest BCUT2D eigenvalue weighted by atomic mass is 35.5. The van der Waals surface area contributed by atoms with Crippen LogP contribution in [0.2, 0.25) is 5.02 Å². The maximum Gasteiger partial charge on any atom is 0.253 e. The third kappa shape index (κ3) is 2.76. The summed E-state index contributed by atoms with van der Waals surface area (Å²) < 4.78 is 0. The van der Waals surface area contributed by atoms with Crippen LogP contribution in [0.4, 0.5) is 0 Å². The Morgan fingerprint density at radius 2 is 2.35 bits per heavy atom. The van der Waals surface area contributed by atoms with E-state index in [-0.39, 0.29) is 23.8 Å². The molecule has 0 atom stereocenters. The third-order valence-electron chi connectivity index (χ3n) is 2.17. The van der Waals surface area contributed by atoms with E-state index in [0.717, 1.165) is 0 Å². The van der Waals surface area contributed by atoms with Crippen LogP contribution in [0.1, 0.15) is 16.2 Å². The van der Waals surface area contributed by atoms with Crippen LogP contribution in [0.5, 0.6) is 5.75 Å². The topological polar surface area (TPSA) is 78.0 Å². The number of halogens is 1. The number of aromatic amines is 1. The number of benzene rings is 1. The maximum absolute atomic E-state index is 11.8. The van der Waals surface area contributed by atoms with Crippen molar-refractivity contribution in [2.75, 3.05) is 0 Å². The number of nitrogens with one attached hydrogen (secondary N) is 2. The molecule has 0 saturated carbocycles. The summed E-state index contributed by atoms with van der Waals surface area (Å²) in [6.45, 7) is 0.276. The van der Waals surface area contributed by atoms with Crippen molar-refractivity contribution >= 4 is 17.5 Å². The number of hydrogen-bond acceptors (Lipinski definition) is 3. The molecule has 2 rings (SSSR count). The van der Waals surface area contributed by atoms with E-state index in [1.54, 1.807) is 12.4 Å². The van der Waals surface area contributed by atoms with Crippen LogP contribution < -0.4 is 5.32 Å². The molecule has 0 aliphatic heterocycles. The van der Waals surface area contributed by atoms with Gasteiger partial charge in [-0.15, -0.1) is 0 Å². The summed E-state index contributed by atoms with van der Waals surface area (Å²) in [5, 5.41) is 12.2. The normalized spacial score (nSPS) is 10.2. The molecule has 2 aromatic rings. The quantitative estimate of drug-likeness (QED) is 0.777. The molecule has 1 heterocycles. The van der Waals surface area contributed by atoms with Crippen molar-refractivity contribution in [2.24, 2.45) is 0 Å². The van der Waals surface area contributed by atoms with Crippen LogP contribution >= 0.6 is 11.6 Å². The van der Waals surface area contributed by atoms with E-state index in [1.807, 2.05) is 0 Å². The Kier molecular flexibility index (Phi) is 3.30. The largest absolute Gasteiger partial charge is 0.508 e. The zero-order chi connectivity index (χ0) is 12.3. The van der Waals surface area contributed by atoms with Gasteiger partial charge in [0.15, 0.2) is 0 Å². The first-order valence-electron chi connectivity index (χ1n) is 4.92. The fourth-order valence-electron chi connectivity index (χ4n) is 1.34. The lowest BCUT2D eigenvalue weighted by Gasteiger charge is -2.05. The number of carbonyl (C=O) groups excluding carboxylic acids is 1. The molecule has 0 saturated heterocycles. The lowest BCUT2D eigenvalue weighted by atomic mass is 10.2. The Morgan fingerprint density at radius 3 is 3.06 bits per heavy atom. The molecule has 0 radical (unpaired) electrons. The van der Waals surface area contributed by atoms with Gasteiger partial charge in [0.1, 0.15) is 11.6 Å². The van der Waals surface area contributed by atoms with Gasteiger partial charge < -0.3 is 15.4 Å². The van der Waals surface area contributed by atoms with E-state index in [1.165, 1.54) is 18.2 Å². The van der Waals surface area contributed by atoms with Crippen LogP contribution in [0.3, 0.4) is 0 Å². The van der Waals surface area contributed by atoms with Crippen molar-refractivity contribution in [3.8, 4) is 5.75 Å². The average molecular weight is 252 g/mol. The first-order valence-corrected chi connectivity index (χ1v) is 5.29. The highest BCUT2D eigenvalue weighted by Gasteiger charge is 2.11. The molecule has 1 amide bonds. The predicted octanol–water partition coefficient (Wildman–Crippen LogP) is 1.70.